The van der Waals surface area contributed by atoms with E-state index in [4.69, 9.17) is 0 Å². The maximum absolute atomic E-state index is 4.41. The van der Waals surface area contributed by atoms with E-state index in [0.29, 0.717) is 0 Å². The summed E-state index contributed by atoms with van der Waals surface area (Å²) in [7, 11) is 4.41. The highest BCUT2D eigenvalue weighted by Crippen LogP contribution is 2.06. The minimum absolute atomic E-state index is 1.15. The van der Waals surface area contributed by atoms with E-state index in [2.05, 4.69) is 27.9 Å². The highest BCUT2D eigenvalue weighted by Gasteiger charge is 1.97. The molecule has 0 heterocycles. The molecule has 0 aliphatic carbocycles. The molecule has 0 aromatic carbocycles. The van der Waals surface area contributed by atoms with Crippen molar-refractivity contribution in [3.63, 3.8) is 0 Å². The number of rotatable bonds is 8. The van der Waals surface area contributed by atoms with Crippen molar-refractivity contribution in [1.82, 2.24) is 4.67 Å². The maximum Gasteiger partial charge on any atom is 0.0587 e. The van der Waals surface area contributed by atoms with Crippen molar-refractivity contribution >= 4 is 9.39 Å². The molecule has 0 aliphatic heterocycles. The van der Waals surface area contributed by atoms with Gasteiger partial charge in [0.25, 0.3) is 0 Å². The Bertz CT molecular complexity index is 75.9. The van der Waals surface area contributed by atoms with Gasteiger partial charge in [-0.1, -0.05) is 39.5 Å². The van der Waals surface area contributed by atoms with Crippen molar-refractivity contribution in [3.8, 4) is 0 Å². The normalized spacial score (nSPS) is 11.0. The van der Waals surface area contributed by atoms with Gasteiger partial charge in [-0.2, -0.15) is 0 Å². The van der Waals surface area contributed by atoms with Crippen LogP contribution in [-0.4, -0.2) is 17.8 Å². The van der Waals surface area contributed by atoms with Crippen LogP contribution in [0.25, 0.3) is 0 Å². The van der Waals surface area contributed by atoms with E-state index in [1.54, 1.807) is 0 Å². The lowest BCUT2D eigenvalue weighted by Crippen LogP contribution is -2.14. The summed E-state index contributed by atoms with van der Waals surface area (Å²) in [6.45, 7) is 6.78. The van der Waals surface area contributed by atoms with Crippen LogP contribution in [0.5, 0.6) is 0 Å². The Balaban J connectivity index is 3.04. The fraction of sp³-hybridized carbons (Fsp3) is 1.00. The van der Waals surface area contributed by atoms with Crippen molar-refractivity contribution in [2.45, 2.75) is 52.4 Å². The molecule has 0 saturated carbocycles. The molecule has 0 aliphatic rings. The Morgan fingerprint density at radius 2 is 1.25 bits per heavy atom. The van der Waals surface area contributed by atoms with Crippen molar-refractivity contribution in [3.05, 3.63) is 0 Å². The Labute approximate surface area is 80.2 Å². The topological polar surface area (TPSA) is 3.24 Å². The van der Waals surface area contributed by atoms with E-state index in [9.17, 15) is 0 Å². The number of unbranched alkanes of at least 4 members (excludes halogenated alkanes) is 4. The van der Waals surface area contributed by atoms with Crippen molar-refractivity contribution in [2.24, 2.45) is 0 Å². The molecule has 0 spiro atoms. The number of hydrogen-bond acceptors (Lipinski definition) is 1. The zero-order valence-corrected chi connectivity index (χ0v) is 9.45. The fourth-order valence-electron chi connectivity index (χ4n) is 1.20. The second-order valence-corrected chi connectivity index (χ2v) is 3.93. The van der Waals surface area contributed by atoms with Crippen molar-refractivity contribution in [1.29, 1.82) is 0 Å². The molecule has 0 aromatic rings. The molecule has 0 unspecified atom stereocenters. The minimum Gasteiger partial charge on any atom is -0.273 e. The van der Waals surface area contributed by atoms with Gasteiger partial charge >= 0.3 is 0 Å². The predicted molar refractivity (Wildman–Crippen MR) is 57.5 cm³/mol. The Hall–Kier alpha value is 0.390. The van der Waals surface area contributed by atoms with E-state index in [-0.39, 0.29) is 0 Å². The molecule has 2 heteroatoms. The van der Waals surface area contributed by atoms with Gasteiger partial charge in [0.2, 0.25) is 0 Å². The summed E-state index contributed by atoms with van der Waals surface area (Å²) in [5, 5.41) is 0. The molecule has 0 saturated heterocycles. The monoisotopic (exact) mass is 187 g/mol. The second-order valence-electron chi connectivity index (χ2n) is 3.37. The molecule has 0 aromatic heterocycles. The molecule has 12 heavy (non-hydrogen) atoms. The third-order valence-electron chi connectivity index (χ3n) is 2.04. The zero-order chi connectivity index (χ0) is 9.23. The molecular formula is C10H22NP. The summed E-state index contributed by atoms with van der Waals surface area (Å²) in [5.41, 5.74) is 0. The van der Waals surface area contributed by atoms with Crippen molar-refractivity contribution in [2.75, 3.05) is 13.1 Å². The van der Waals surface area contributed by atoms with Gasteiger partial charge in [-0.15, -0.1) is 0 Å². The van der Waals surface area contributed by atoms with Gasteiger partial charge in [0, 0.05) is 13.1 Å². The minimum atomic E-state index is 1.15. The first-order valence-electron chi connectivity index (χ1n) is 5.25. The molecule has 0 amide bonds. The van der Waals surface area contributed by atoms with Crippen LogP contribution in [0.15, 0.2) is 0 Å². The number of nitrogens with zero attached hydrogens (tertiary/aromatic N) is 1. The van der Waals surface area contributed by atoms with Crippen LogP contribution in [-0.2, 0) is 0 Å². The summed E-state index contributed by atoms with van der Waals surface area (Å²) >= 11 is 0. The van der Waals surface area contributed by atoms with Crippen LogP contribution in [0.2, 0.25) is 0 Å². The summed E-state index contributed by atoms with van der Waals surface area (Å²) in [5.74, 6) is 0. The largest absolute Gasteiger partial charge is 0.273 e. The highest BCUT2D eigenvalue weighted by atomic mass is 31.0. The van der Waals surface area contributed by atoms with Crippen LogP contribution in [0.3, 0.4) is 0 Å². The Morgan fingerprint density at radius 1 is 0.833 bits per heavy atom. The standard InChI is InChI=1S/C10H22NP/c1-3-5-7-9-11(12)10-8-6-4-2/h3-10H2,1-2H3. The fourth-order valence-corrected chi connectivity index (χ4v) is 1.48. The van der Waals surface area contributed by atoms with Gasteiger partial charge in [-0.3, -0.25) is 4.67 Å². The lowest BCUT2D eigenvalue weighted by atomic mass is 10.2. The highest BCUT2D eigenvalue weighted by molar-refractivity contribution is 7.13. The van der Waals surface area contributed by atoms with E-state index in [1.807, 2.05) is 0 Å². The van der Waals surface area contributed by atoms with Gasteiger partial charge in [-0.25, -0.2) is 0 Å². The molecular weight excluding hydrogens is 165 g/mol. The van der Waals surface area contributed by atoms with Gasteiger partial charge in [0.05, 0.1) is 9.39 Å². The number of hydrogen-bond donors (Lipinski definition) is 0. The first-order chi connectivity index (χ1) is 5.81. The van der Waals surface area contributed by atoms with Gasteiger partial charge in [-0.05, 0) is 12.8 Å². The molecule has 0 N–H and O–H groups in total. The van der Waals surface area contributed by atoms with E-state index >= 15 is 0 Å². The lowest BCUT2D eigenvalue weighted by molar-refractivity contribution is 0.432. The first-order valence-corrected chi connectivity index (χ1v) is 5.65. The third-order valence-corrected chi connectivity index (χ3v) is 2.44. The molecule has 0 rings (SSSR count). The van der Waals surface area contributed by atoms with Crippen LogP contribution in [0.1, 0.15) is 52.4 Å². The molecule has 72 valence electrons. The van der Waals surface area contributed by atoms with Crippen LogP contribution in [0.4, 0.5) is 0 Å². The van der Waals surface area contributed by atoms with Gasteiger partial charge in [0.1, 0.15) is 0 Å². The average Bonchev–Trinajstić information content (AvgIpc) is 2.06. The molecule has 0 fully saturated rings. The zero-order valence-electron chi connectivity index (χ0n) is 8.55. The Kier molecular flexibility index (Phi) is 9.79. The van der Waals surface area contributed by atoms with Crippen LogP contribution in [0, 0.1) is 0 Å². The van der Waals surface area contributed by atoms with Crippen LogP contribution >= 0.6 is 9.39 Å². The summed E-state index contributed by atoms with van der Waals surface area (Å²) in [4.78, 5) is 0. The molecule has 0 bridgehead atoms. The summed E-state index contributed by atoms with van der Waals surface area (Å²) in [6, 6.07) is 0. The van der Waals surface area contributed by atoms with E-state index < -0.39 is 0 Å². The smallest absolute Gasteiger partial charge is 0.0587 e. The first kappa shape index (κ1) is 12.4. The lowest BCUT2D eigenvalue weighted by Gasteiger charge is -2.13. The average molecular weight is 187 g/mol. The van der Waals surface area contributed by atoms with E-state index in [1.165, 1.54) is 38.5 Å². The third kappa shape index (κ3) is 8.49. The van der Waals surface area contributed by atoms with Gasteiger partial charge in [0.15, 0.2) is 0 Å². The Morgan fingerprint density at radius 3 is 1.58 bits per heavy atom. The molecule has 2 radical (unpaired) electrons. The summed E-state index contributed by atoms with van der Waals surface area (Å²) < 4.78 is 2.16. The van der Waals surface area contributed by atoms with Crippen molar-refractivity contribution < 1.29 is 0 Å². The van der Waals surface area contributed by atoms with Crippen LogP contribution < -0.4 is 0 Å². The SMILES string of the molecule is CCCCCN([P])CCCCC. The second kappa shape index (κ2) is 9.48. The summed E-state index contributed by atoms with van der Waals surface area (Å²) in [6.07, 6.45) is 7.88. The maximum atomic E-state index is 4.41. The van der Waals surface area contributed by atoms with E-state index in [0.717, 1.165) is 13.1 Å². The molecule has 1 nitrogen and oxygen atoms in total. The van der Waals surface area contributed by atoms with Gasteiger partial charge < -0.3 is 0 Å². The quantitative estimate of drug-likeness (QED) is 0.410. The molecule has 0 atom stereocenters. The predicted octanol–water partition coefficient (Wildman–Crippen LogP) is 3.99.